The Labute approximate surface area is 166 Å². The molecular formula is C23H28N4O. The van der Waals surface area contributed by atoms with Crippen LogP contribution in [0, 0.1) is 0 Å². The zero-order valence-corrected chi connectivity index (χ0v) is 16.6. The molecule has 1 saturated heterocycles. The molecule has 0 bridgehead atoms. The van der Waals surface area contributed by atoms with Crippen LogP contribution in [0.5, 0.6) is 0 Å². The van der Waals surface area contributed by atoms with Gasteiger partial charge in [-0.25, -0.2) is 0 Å². The number of hydrogen-bond acceptors (Lipinski definition) is 3. The number of nitrogens with zero attached hydrogens (tertiary/aromatic N) is 3. The molecule has 2 aromatic carbocycles. The molecule has 28 heavy (non-hydrogen) atoms. The van der Waals surface area contributed by atoms with Crippen LogP contribution in [0.3, 0.4) is 0 Å². The van der Waals surface area contributed by atoms with Crippen LogP contribution in [-0.4, -0.2) is 60.0 Å². The van der Waals surface area contributed by atoms with Gasteiger partial charge in [0, 0.05) is 57.2 Å². The van der Waals surface area contributed by atoms with Gasteiger partial charge in [-0.15, -0.1) is 0 Å². The van der Waals surface area contributed by atoms with E-state index >= 15 is 0 Å². The highest BCUT2D eigenvalue weighted by atomic mass is 16.1. The number of carbonyl (C=O) groups is 1. The van der Waals surface area contributed by atoms with Crippen molar-refractivity contribution in [3.63, 3.8) is 0 Å². The number of nitrogens with one attached hydrogen (secondary N) is 1. The number of benzene rings is 2. The predicted molar refractivity (Wildman–Crippen MR) is 114 cm³/mol. The number of fused-ring (bicyclic) bond motifs is 1. The van der Waals surface area contributed by atoms with Crippen molar-refractivity contribution in [1.29, 1.82) is 0 Å². The van der Waals surface area contributed by atoms with Crippen molar-refractivity contribution in [3.8, 4) is 0 Å². The summed E-state index contributed by atoms with van der Waals surface area (Å²) in [4.78, 5) is 17.7. The van der Waals surface area contributed by atoms with Crippen LogP contribution in [0.2, 0.25) is 0 Å². The summed E-state index contributed by atoms with van der Waals surface area (Å²) in [6, 6.07) is 18.4. The minimum Gasteiger partial charge on any atom is -0.353 e. The first-order chi connectivity index (χ1) is 13.6. The Morgan fingerprint density at radius 3 is 2.43 bits per heavy atom. The van der Waals surface area contributed by atoms with E-state index in [1.807, 2.05) is 36.4 Å². The third-order valence-electron chi connectivity index (χ3n) is 5.77. The van der Waals surface area contributed by atoms with Gasteiger partial charge in [0.2, 0.25) is 0 Å². The van der Waals surface area contributed by atoms with E-state index in [9.17, 15) is 4.79 Å². The van der Waals surface area contributed by atoms with Crippen LogP contribution >= 0.6 is 0 Å². The van der Waals surface area contributed by atoms with E-state index in [0.717, 1.165) is 37.0 Å². The molecule has 1 N–H and O–H groups in total. The molecule has 5 heteroatoms. The topological polar surface area (TPSA) is 40.5 Å². The molecule has 5 nitrogen and oxygen atoms in total. The molecule has 1 atom stereocenters. The van der Waals surface area contributed by atoms with Crippen molar-refractivity contribution in [2.45, 2.75) is 6.04 Å². The predicted octanol–water partition coefficient (Wildman–Crippen LogP) is 2.90. The second-order valence-electron chi connectivity index (χ2n) is 7.67. The third kappa shape index (κ3) is 3.96. The van der Waals surface area contributed by atoms with Crippen molar-refractivity contribution in [1.82, 2.24) is 19.7 Å². The van der Waals surface area contributed by atoms with Crippen molar-refractivity contribution in [3.05, 3.63) is 72.1 Å². The summed E-state index contributed by atoms with van der Waals surface area (Å²) in [5.41, 5.74) is 1.95. The number of aromatic nitrogens is 1. The van der Waals surface area contributed by atoms with E-state index in [1.54, 1.807) is 0 Å². The Bertz CT molecular complexity index is 956. The molecule has 146 valence electrons. The highest BCUT2D eigenvalue weighted by molar-refractivity contribution is 5.98. The average molecular weight is 377 g/mol. The lowest BCUT2D eigenvalue weighted by Crippen LogP contribution is -2.48. The van der Waals surface area contributed by atoms with E-state index in [2.05, 4.69) is 58.2 Å². The molecule has 1 aliphatic heterocycles. The molecule has 1 amide bonds. The molecule has 4 rings (SSSR count). The highest BCUT2D eigenvalue weighted by Crippen LogP contribution is 2.22. The van der Waals surface area contributed by atoms with Crippen molar-refractivity contribution in [2.75, 3.05) is 39.8 Å². The minimum atomic E-state index is -0.0147. The van der Waals surface area contributed by atoms with Gasteiger partial charge in [0.25, 0.3) is 5.91 Å². The van der Waals surface area contributed by atoms with E-state index in [1.165, 1.54) is 5.69 Å². The van der Waals surface area contributed by atoms with E-state index in [4.69, 9.17) is 0 Å². The number of aryl methyl sites for hydroxylation is 1. The van der Waals surface area contributed by atoms with Crippen LogP contribution in [0.25, 0.3) is 10.8 Å². The van der Waals surface area contributed by atoms with Gasteiger partial charge in [0.15, 0.2) is 0 Å². The minimum absolute atomic E-state index is 0.0147. The quantitative estimate of drug-likeness (QED) is 0.744. The number of amides is 1. The van der Waals surface area contributed by atoms with Gasteiger partial charge in [0.05, 0.1) is 6.04 Å². The average Bonchev–Trinajstić information content (AvgIpc) is 3.14. The summed E-state index contributed by atoms with van der Waals surface area (Å²) in [6.07, 6.45) is 2.07. The number of rotatable bonds is 5. The fourth-order valence-corrected chi connectivity index (χ4v) is 4.00. The lowest BCUT2D eigenvalue weighted by molar-refractivity contribution is 0.0877. The number of piperazine rings is 1. The fraction of sp³-hybridized carbons (Fsp3) is 0.348. The van der Waals surface area contributed by atoms with E-state index in [0.29, 0.717) is 12.1 Å². The number of carbonyl (C=O) groups excluding carboxylic acids is 1. The van der Waals surface area contributed by atoms with Gasteiger partial charge in [-0.05, 0) is 42.1 Å². The number of likely N-dealkylation sites (N-methyl/N-ethyl adjacent to an activating group) is 1. The molecule has 0 aliphatic carbocycles. The maximum Gasteiger partial charge on any atom is 0.251 e. The summed E-state index contributed by atoms with van der Waals surface area (Å²) in [5.74, 6) is -0.0147. The first kappa shape index (κ1) is 18.7. The summed E-state index contributed by atoms with van der Waals surface area (Å²) in [6.45, 7) is 4.74. The lowest BCUT2D eigenvalue weighted by Gasteiger charge is -2.38. The van der Waals surface area contributed by atoms with Crippen LogP contribution < -0.4 is 5.32 Å². The smallest absolute Gasteiger partial charge is 0.251 e. The summed E-state index contributed by atoms with van der Waals surface area (Å²) in [7, 11) is 4.24. The molecule has 1 aliphatic rings. The maximum absolute atomic E-state index is 12.8. The SMILES string of the molecule is CN1CCN(C(CNC(=O)c2ccc3ccccc3c2)c2cccn2C)CC1. The summed E-state index contributed by atoms with van der Waals surface area (Å²) in [5, 5.41) is 5.42. The van der Waals surface area contributed by atoms with Gasteiger partial charge in [-0.3, -0.25) is 9.69 Å². The molecule has 0 saturated carbocycles. The maximum atomic E-state index is 12.8. The second kappa shape index (κ2) is 8.17. The van der Waals surface area contributed by atoms with Gasteiger partial charge in [-0.1, -0.05) is 30.3 Å². The molecule has 3 aromatic rings. The number of hydrogen-bond donors (Lipinski definition) is 1. The Balaban J connectivity index is 1.50. The Kier molecular flexibility index (Phi) is 5.46. The monoisotopic (exact) mass is 376 g/mol. The van der Waals surface area contributed by atoms with Crippen LogP contribution in [0.4, 0.5) is 0 Å². The van der Waals surface area contributed by atoms with Gasteiger partial charge in [-0.2, -0.15) is 0 Å². The molecule has 2 heterocycles. The van der Waals surface area contributed by atoms with Crippen LogP contribution in [0.1, 0.15) is 22.1 Å². The van der Waals surface area contributed by atoms with Crippen molar-refractivity contribution < 1.29 is 4.79 Å². The fourth-order valence-electron chi connectivity index (χ4n) is 4.00. The third-order valence-corrected chi connectivity index (χ3v) is 5.77. The van der Waals surface area contributed by atoms with Crippen molar-refractivity contribution >= 4 is 16.7 Å². The lowest BCUT2D eigenvalue weighted by atomic mass is 10.1. The molecule has 1 unspecified atom stereocenters. The molecular weight excluding hydrogens is 348 g/mol. The molecule has 1 fully saturated rings. The van der Waals surface area contributed by atoms with Gasteiger partial charge < -0.3 is 14.8 Å². The first-order valence-electron chi connectivity index (χ1n) is 9.92. The van der Waals surface area contributed by atoms with Crippen LogP contribution in [-0.2, 0) is 7.05 Å². The second-order valence-corrected chi connectivity index (χ2v) is 7.67. The zero-order valence-electron chi connectivity index (χ0n) is 16.6. The normalized spacial score (nSPS) is 16.9. The van der Waals surface area contributed by atoms with E-state index in [-0.39, 0.29) is 11.9 Å². The standard InChI is InChI=1S/C23H28N4O/c1-25-12-14-27(15-13-25)22(21-8-5-11-26(21)2)17-24-23(28)20-10-9-18-6-3-4-7-19(18)16-20/h3-11,16,22H,12-15,17H2,1-2H3,(H,24,28). The van der Waals surface area contributed by atoms with Crippen LogP contribution in [0.15, 0.2) is 60.8 Å². The zero-order chi connectivity index (χ0) is 19.5. The first-order valence-corrected chi connectivity index (χ1v) is 9.92. The largest absolute Gasteiger partial charge is 0.353 e. The molecule has 0 radical (unpaired) electrons. The van der Waals surface area contributed by atoms with E-state index < -0.39 is 0 Å². The molecule has 0 spiro atoms. The Hall–Kier alpha value is -2.63. The Morgan fingerprint density at radius 2 is 1.71 bits per heavy atom. The highest BCUT2D eigenvalue weighted by Gasteiger charge is 2.26. The Morgan fingerprint density at radius 1 is 0.964 bits per heavy atom. The molecule has 1 aromatic heterocycles. The summed E-state index contributed by atoms with van der Waals surface area (Å²) < 4.78 is 2.16. The van der Waals surface area contributed by atoms with Gasteiger partial charge >= 0.3 is 0 Å². The summed E-state index contributed by atoms with van der Waals surface area (Å²) >= 11 is 0. The van der Waals surface area contributed by atoms with Crippen molar-refractivity contribution in [2.24, 2.45) is 7.05 Å². The van der Waals surface area contributed by atoms with Gasteiger partial charge in [0.1, 0.15) is 0 Å².